The number of benzene rings is 2. The summed E-state index contributed by atoms with van der Waals surface area (Å²) in [6.07, 6.45) is 0.528. The largest absolute Gasteiger partial charge is 0.496 e. The van der Waals surface area contributed by atoms with Gasteiger partial charge in [0.15, 0.2) is 0 Å². The standard InChI is InChI=1S/C19H20FNO3/c1-24-18-7-3-6-14-15(18)8-9-16(14)21-19(23)11-17(22)12-4-2-5-13(20)10-12/h2-7,10,16-17,22H,8-9,11H2,1H3,(H,21,23). The Morgan fingerprint density at radius 2 is 2.17 bits per heavy atom. The third-order valence-corrected chi connectivity index (χ3v) is 4.40. The molecule has 0 spiro atoms. The molecule has 5 heteroatoms. The average molecular weight is 329 g/mol. The van der Waals surface area contributed by atoms with Crippen LogP contribution in [-0.2, 0) is 11.2 Å². The molecule has 0 aromatic heterocycles. The highest BCUT2D eigenvalue weighted by atomic mass is 19.1. The van der Waals surface area contributed by atoms with Crippen LogP contribution in [0.5, 0.6) is 5.75 Å². The predicted molar refractivity (Wildman–Crippen MR) is 88.2 cm³/mol. The first kappa shape index (κ1) is 16.5. The lowest BCUT2D eigenvalue weighted by molar-refractivity contribution is -0.123. The molecule has 1 aliphatic rings. The molecule has 3 rings (SSSR count). The van der Waals surface area contributed by atoms with Crippen LogP contribution in [0.15, 0.2) is 42.5 Å². The lowest BCUT2D eigenvalue weighted by atomic mass is 10.0. The van der Waals surface area contributed by atoms with Gasteiger partial charge in [0, 0.05) is 0 Å². The van der Waals surface area contributed by atoms with Crippen molar-refractivity contribution < 1.29 is 19.0 Å². The Balaban J connectivity index is 1.65. The number of rotatable bonds is 5. The molecular weight excluding hydrogens is 309 g/mol. The third-order valence-electron chi connectivity index (χ3n) is 4.40. The quantitative estimate of drug-likeness (QED) is 0.886. The minimum absolute atomic E-state index is 0.0812. The first-order valence-electron chi connectivity index (χ1n) is 7.97. The average Bonchev–Trinajstić information content (AvgIpc) is 2.97. The van der Waals surface area contributed by atoms with Gasteiger partial charge in [0.1, 0.15) is 11.6 Å². The maximum Gasteiger partial charge on any atom is 0.223 e. The molecule has 1 amide bonds. The first-order chi connectivity index (χ1) is 11.6. The van der Waals surface area contributed by atoms with E-state index >= 15 is 0 Å². The van der Waals surface area contributed by atoms with E-state index in [2.05, 4.69) is 5.32 Å². The van der Waals surface area contributed by atoms with Crippen molar-refractivity contribution >= 4 is 5.91 Å². The molecule has 2 atom stereocenters. The van der Waals surface area contributed by atoms with Crippen LogP contribution < -0.4 is 10.1 Å². The Kier molecular flexibility index (Phi) is 4.81. The van der Waals surface area contributed by atoms with Gasteiger partial charge in [-0.3, -0.25) is 4.79 Å². The van der Waals surface area contributed by atoms with Gasteiger partial charge in [-0.05, 0) is 47.7 Å². The summed E-state index contributed by atoms with van der Waals surface area (Å²) in [6, 6.07) is 11.4. The molecule has 2 aromatic carbocycles. The van der Waals surface area contributed by atoms with Gasteiger partial charge >= 0.3 is 0 Å². The van der Waals surface area contributed by atoms with Crippen LogP contribution in [0.4, 0.5) is 4.39 Å². The molecule has 24 heavy (non-hydrogen) atoms. The van der Waals surface area contributed by atoms with Crippen molar-refractivity contribution in [2.75, 3.05) is 7.11 Å². The fourth-order valence-corrected chi connectivity index (χ4v) is 3.22. The number of ether oxygens (including phenoxy) is 1. The molecule has 0 aliphatic heterocycles. The molecule has 126 valence electrons. The van der Waals surface area contributed by atoms with Gasteiger partial charge < -0.3 is 15.2 Å². The lowest BCUT2D eigenvalue weighted by Gasteiger charge is -2.17. The topological polar surface area (TPSA) is 58.6 Å². The molecule has 0 bridgehead atoms. The van der Waals surface area contributed by atoms with Crippen molar-refractivity contribution in [3.05, 3.63) is 65.0 Å². The minimum atomic E-state index is -1.02. The number of aliphatic hydroxyl groups excluding tert-OH is 1. The molecule has 2 aromatic rings. The number of aliphatic hydroxyl groups is 1. The highest BCUT2D eigenvalue weighted by Crippen LogP contribution is 2.36. The highest BCUT2D eigenvalue weighted by molar-refractivity contribution is 5.77. The van der Waals surface area contributed by atoms with E-state index in [0.717, 1.165) is 29.7 Å². The summed E-state index contributed by atoms with van der Waals surface area (Å²) in [4.78, 5) is 12.2. The Hall–Kier alpha value is -2.40. The van der Waals surface area contributed by atoms with Crippen molar-refractivity contribution in [2.24, 2.45) is 0 Å². The molecule has 0 fully saturated rings. The van der Waals surface area contributed by atoms with Gasteiger partial charge in [-0.25, -0.2) is 4.39 Å². The molecular formula is C19H20FNO3. The number of halogens is 1. The van der Waals surface area contributed by atoms with E-state index in [1.807, 2.05) is 18.2 Å². The number of hydrogen-bond donors (Lipinski definition) is 2. The lowest BCUT2D eigenvalue weighted by Crippen LogP contribution is -2.28. The van der Waals surface area contributed by atoms with Gasteiger partial charge in [0.05, 0.1) is 25.7 Å². The van der Waals surface area contributed by atoms with Gasteiger partial charge in [-0.2, -0.15) is 0 Å². The van der Waals surface area contributed by atoms with E-state index in [1.54, 1.807) is 13.2 Å². The molecule has 0 heterocycles. The Morgan fingerprint density at radius 3 is 2.92 bits per heavy atom. The van der Waals surface area contributed by atoms with Gasteiger partial charge in [-0.15, -0.1) is 0 Å². The predicted octanol–water partition coefficient (Wildman–Crippen LogP) is 3.06. The number of carbonyl (C=O) groups is 1. The number of hydrogen-bond acceptors (Lipinski definition) is 3. The Bertz CT molecular complexity index is 747. The molecule has 0 radical (unpaired) electrons. The summed E-state index contributed by atoms with van der Waals surface area (Å²) in [7, 11) is 1.64. The van der Waals surface area contributed by atoms with Crippen molar-refractivity contribution in [3.8, 4) is 5.75 Å². The van der Waals surface area contributed by atoms with E-state index in [4.69, 9.17) is 4.74 Å². The van der Waals surface area contributed by atoms with Crippen LogP contribution >= 0.6 is 0 Å². The monoisotopic (exact) mass is 329 g/mol. The van der Waals surface area contributed by atoms with Crippen LogP contribution in [0.1, 0.15) is 41.7 Å². The van der Waals surface area contributed by atoms with E-state index in [9.17, 15) is 14.3 Å². The fourth-order valence-electron chi connectivity index (χ4n) is 3.22. The first-order valence-corrected chi connectivity index (χ1v) is 7.97. The maximum absolute atomic E-state index is 13.2. The second-order valence-electron chi connectivity index (χ2n) is 5.96. The van der Waals surface area contributed by atoms with Gasteiger partial charge in [0.25, 0.3) is 0 Å². The van der Waals surface area contributed by atoms with Crippen LogP contribution in [0.3, 0.4) is 0 Å². The smallest absolute Gasteiger partial charge is 0.223 e. The fraction of sp³-hybridized carbons (Fsp3) is 0.316. The van der Waals surface area contributed by atoms with Crippen LogP contribution in [0, 0.1) is 5.82 Å². The normalized spacial score (nSPS) is 17.2. The van der Waals surface area contributed by atoms with Crippen molar-refractivity contribution in [1.29, 1.82) is 0 Å². The second-order valence-corrected chi connectivity index (χ2v) is 5.96. The van der Waals surface area contributed by atoms with Gasteiger partial charge in [-0.1, -0.05) is 24.3 Å². The van der Waals surface area contributed by atoms with E-state index in [-0.39, 0.29) is 18.4 Å². The summed E-state index contributed by atoms with van der Waals surface area (Å²) in [6.45, 7) is 0. The van der Waals surface area contributed by atoms with Crippen molar-refractivity contribution in [2.45, 2.75) is 31.4 Å². The molecule has 0 saturated carbocycles. The zero-order chi connectivity index (χ0) is 17.1. The summed E-state index contributed by atoms with van der Waals surface area (Å²) in [5, 5.41) is 13.1. The van der Waals surface area contributed by atoms with Crippen molar-refractivity contribution in [3.63, 3.8) is 0 Å². The third kappa shape index (κ3) is 3.41. The van der Waals surface area contributed by atoms with Crippen LogP contribution in [0.2, 0.25) is 0 Å². The maximum atomic E-state index is 13.2. The number of carbonyl (C=O) groups excluding carboxylic acids is 1. The number of methoxy groups -OCH3 is 1. The Labute approximate surface area is 140 Å². The number of amides is 1. The Morgan fingerprint density at radius 1 is 1.38 bits per heavy atom. The summed E-state index contributed by atoms with van der Waals surface area (Å²) in [5.74, 6) is 0.153. The molecule has 4 nitrogen and oxygen atoms in total. The minimum Gasteiger partial charge on any atom is -0.496 e. The van der Waals surface area contributed by atoms with Crippen molar-refractivity contribution in [1.82, 2.24) is 5.32 Å². The highest BCUT2D eigenvalue weighted by Gasteiger charge is 2.27. The molecule has 2 N–H and O–H groups in total. The second kappa shape index (κ2) is 7.01. The zero-order valence-electron chi connectivity index (χ0n) is 13.5. The van der Waals surface area contributed by atoms with E-state index in [1.165, 1.54) is 18.2 Å². The van der Waals surface area contributed by atoms with Crippen LogP contribution in [-0.4, -0.2) is 18.1 Å². The molecule has 2 unspecified atom stereocenters. The van der Waals surface area contributed by atoms with Gasteiger partial charge in [0.2, 0.25) is 5.91 Å². The number of nitrogens with one attached hydrogen (secondary N) is 1. The van der Waals surface area contributed by atoms with Crippen LogP contribution in [0.25, 0.3) is 0 Å². The summed E-state index contributed by atoms with van der Waals surface area (Å²) < 4.78 is 18.6. The zero-order valence-corrected chi connectivity index (χ0v) is 13.5. The SMILES string of the molecule is COc1cccc2c1CCC2NC(=O)CC(O)c1cccc(F)c1. The summed E-state index contributed by atoms with van der Waals surface area (Å²) in [5.41, 5.74) is 2.58. The molecule has 1 aliphatic carbocycles. The van der Waals surface area contributed by atoms with E-state index in [0.29, 0.717) is 5.56 Å². The summed E-state index contributed by atoms with van der Waals surface area (Å²) >= 11 is 0. The molecule has 0 saturated heterocycles. The van der Waals surface area contributed by atoms with E-state index < -0.39 is 11.9 Å². The number of fused-ring (bicyclic) bond motifs is 1.